The average Bonchev–Trinajstić information content (AvgIpc) is 2.11. The summed E-state index contributed by atoms with van der Waals surface area (Å²) in [4.78, 5) is 0. The van der Waals surface area contributed by atoms with Crippen molar-refractivity contribution in [2.24, 2.45) is 0 Å². The molecule has 2 nitrogen and oxygen atoms in total. The molecule has 0 spiro atoms. The number of aromatic hydroxyl groups is 1. The number of alkyl halides is 1. The summed E-state index contributed by atoms with van der Waals surface area (Å²) in [6.45, 7) is 0. The molecule has 0 radical (unpaired) electrons. The molecule has 0 fully saturated rings. The standard InChI is InChI=1S/C10H12ClNO/c11-6-2-1-3-8-7-9(12)4-5-10(8)13/h1,3-5,7,13H,2,6,12H2. The molecule has 0 bridgehead atoms. The number of halogens is 1. The van der Waals surface area contributed by atoms with Crippen molar-refractivity contribution in [1.29, 1.82) is 0 Å². The Morgan fingerprint density at radius 3 is 2.92 bits per heavy atom. The maximum atomic E-state index is 9.39. The van der Waals surface area contributed by atoms with Gasteiger partial charge in [0.1, 0.15) is 5.75 Å². The van der Waals surface area contributed by atoms with Gasteiger partial charge in [0.05, 0.1) is 0 Å². The van der Waals surface area contributed by atoms with Crippen molar-refractivity contribution in [1.82, 2.24) is 0 Å². The van der Waals surface area contributed by atoms with Crippen molar-refractivity contribution < 1.29 is 5.11 Å². The highest BCUT2D eigenvalue weighted by atomic mass is 35.5. The van der Waals surface area contributed by atoms with Crippen molar-refractivity contribution in [3.63, 3.8) is 0 Å². The van der Waals surface area contributed by atoms with E-state index in [-0.39, 0.29) is 5.75 Å². The Balaban J connectivity index is 2.81. The molecular formula is C10H12ClNO. The zero-order valence-corrected chi connectivity index (χ0v) is 7.96. The van der Waals surface area contributed by atoms with Gasteiger partial charge in [0.15, 0.2) is 0 Å². The summed E-state index contributed by atoms with van der Waals surface area (Å²) >= 11 is 5.50. The van der Waals surface area contributed by atoms with E-state index in [1.807, 2.05) is 12.2 Å². The number of rotatable bonds is 3. The van der Waals surface area contributed by atoms with Gasteiger partial charge in [-0.05, 0) is 24.6 Å². The Bertz CT molecular complexity index is 310. The molecule has 13 heavy (non-hydrogen) atoms. The van der Waals surface area contributed by atoms with Gasteiger partial charge in [0.2, 0.25) is 0 Å². The average molecular weight is 198 g/mol. The lowest BCUT2D eigenvalue weighted by Crippen LogP contribution is -1.84. The smallest absolute Gasteiger partial charge is 0.122 e. The molecule has 0 atom stereocenters. The molecular weight excluding hydrogens is 186 g/mol. The lowest BCUT2D eigenvalue weighted by atomic mass is 10.1. The summed E-state index contributed by atoms with van der Waals surface area (Å²) in [6, 6.07) is 4.96. The minimum atomic E-state index is 0.236. The number of hydrogen-bond donors (Lipinski definition) is 2. The van der Waals surface area contributed by atoms with Gasteiger partial charge in [0.25, 0.3) is 0 Å². The second-order valence-corrected chi connectivity index (χ2v) is 3.08. The van der Waals surface area contributed by atoms with Gasteiger partial charge >= 0.3 is 0 Å². The first kappa shape index (κ1) is 9.93. The van der Waals surface area contributed by atoms with Crippen LogP contribution in [-0.4, -0.2) is 11.0 Å². The van der Waals surface area contributed by atoms with Crippen LogP contribution < -0.4 is 5.73 Å². The highest BCUT2D eigenvalue weighted by Gasteiger charge is 1.96. The zero-order valence-electron chi connectivity index (χ0n) is 7.20. The van der Waals surface area contributed by atoms with Crippen molar-refractivity contribution in [2.45, 2.75) is 6.42 Å². The molecule has 0 aromatic heterocycles. The molecule has 0 saturated heterocycles. The van der Waals surface area contributed by atoms with Crippen LogP contribution in [0, 0.1) is 0 Å². The maximum absolute atomic E-state index is 9.39. The van der Waals surface area contributed by atoms with E-state index in [1.54, 1.807) is 18.2 Å². The van der Waals surface area contributed by atoms with Crippen LogP contribution in [0.15, 0.2) is 24.3 Å². The van der Waals surface area contributed by atoms with E-state index in [4.69, 9.17) is 17.3 Å². The van der Waals surface area contributed by atoms with Gasteiger partial charge in [-0.25, -0.2) is 0 Å². The highest BCUT2D eigenvalue weighted by molar-refractivity contribution is 6.17. The molecule has 0 unspecified atom stereocenters. The van der Waals surface area contributed by atoms with Gasteiger partial charge in [-0.3, -0.25) is 0 Å². The maximum Gasteiger partial charge on any atom is 0.122 e. The minimum absolute atomic E-state index is 0.236. The SMILES string of the molecule is Nc1ccc(O)c(C=CCCCl)c1. The van der Waals surface area contributed by atoms with E-state index in [0.717, 1.165) is 12.0 Å². The van der Waals surface area contributed by atoms with E-state index in [2.05, 4.69) is 0 Å². The molecule has 1 rings (SSSR count). The van der Waals surface area contributed by atoms with Crippen molar-refractivity contribution in [2.75, 3.05) is 11.6 Å². The molecule has 1 aromatic carbocycles. The van der Waals surface area contributed by atoms with E-state index >= 15 is 0 Å². The summed E-state index contributed by atoms with van der Waals surface area (Å²) in [7, 11) is 0. The largest absolute Gasteiger partial charge is 0.507 e. The third kappa shape index (κ3) is 2.99. The Kier molecular flexibility index (Phi) is 3.65. The van der Waals surface area contributed by atoms with Crippen molar-refractivity contribution >= 4 is 23.4 Å². The van der Waals surface area contributed by atoms with E-state index in [9.17, 15) is 5.11 Å². The van der Waals surface area contributed by atoms with Crippen LogP contribution in [0.5, 0.6) is 5.75 Å². The van der Waals surface area contributed by atoms with Gasteiger partial charge in [0, 0.05) is 17.1 Å². The summed E-state index contributed by atoms with van der Waals surface area (Å²) < 4.78 is 0. The number of anilines is 1. The van der Waals surface area contributed by atoms with E-state index in [1.165, 1.54) is 0 Å². The van der Waals surface area contributed by atoms with Crippen LogP contribution in [0.4, 0.5) is 5.69 Å². The van der Waals surface area contributed by atoms with Crippen LogP contribution in [0.25, 0.3) is 6.08 Å². The summed E-state index contributed by atoms with van der Waals surface area (Å²) in [5.74, 6) is 0.819. The number of phenols is 1. The Morgan fingerprint density at radius 2 is 2.23 bits per heavy atom. The summed E-state index contributed by atoms with van der Waals surface area (Å²) in [6.07, 6.45) is 4.51. The summed E-state index contributed by atoms with van der Waals surface area (Å²) in [5.41, 5.74) is 6.93. The zero-order chi connectivity index (χ0) is 9.68. The topological polar surface area (TPSA) is 46.2 Å². The van der Waals surface area contributed by atoms with Gasteiger partial charge in [-0.2, -0.15) is 0 Å². The number of benzene rings is 1. The van der Waals surface area contributed by atoms with Gasteiger partial charge < -0.3 is 10.8 Å². The third-order valence-electron chi connectivity index (χ3n) is 1.62. The minimum Gasteiger partial charge on any atom is -0.507 e. The molecule has 70 valence electrons. The first-order valence-electron chi connectivity index (χ1n) is 4.05. The normalized spacial score (nSPS) is 10.8. The fourth-order valence-corrected chi connectivity index (χ4v) is 1.11. The van der Waals surface area contributed by atoms with Crippen molar-refractivity contribution in [3.05, 3.63) is 29.8 Å². The number of hydrogen-bond acceptors (Lipinski definition) is 2. The predicted octanol–water partition coefficient (Wildman–Crippen LogP) is 2.62. The first-order chi connectivity index (χ1) is 6.24. The monoisotopic (exact) mass is 197 g/mol. The van der Waals surface area contributed by atoms with E-state index < -0.39 is 0 Å². The molecule has 0 amide bonds. The van der Waals surface area contributed by atoms with Gasteiger partial charge in [-0.1, -0.05) is 12.2 Å². The molecule has 0 aliphatic heterocycles. The van der Waals surface area contributed by atoms with Crippen LogP contribution in [0.3, 0.4) is 0 Å². The van der Waals surface area contributed by atoms with Crippen LogP contribution >= 0.6 is 11.6 Å². The highest BCUT2D eigenvalue weighted by Crippen LogP contribution is 2.21. The Labute approximate surface area is 82.6 Å². The van der Waals surface area contributed by atoms with Crippen LogP contribution in [0.2, 0.25) is 0 Å². The molecule has 3 N–H and O–H groups in total. The van der Waals surface area contributed by atoms with Crippen LogP contribution in [-0.2, 0) is 0 Å². The van der Waals surface area contributed by atoms with Gasteiger partial charge in [-0.15, -0.1) is 11.6 Å². The fraction of sp³-hybridized carbons (Fsp3) is 0.200. The Morgan fingerprint density at radius 1 is 1.46 bits per heavy atom. The third-order valence-corrected chi connectivity index (χ3v) is 1.84. The van der Waals surface area contributed by atoms with E-state index in [0.29, 0.717) is 11.6 Å². The summed E-state index contributed by atoms with van der Waals surface area (Å²) in [5, 5.41) is 9.39. The van der Waals surface area contributed by atoms with Crippen molar-refractivity contribution in [3.8, 4) is 5.75 Å². The second-order valence-electron chi connectivity index (χ2n) is 2.70. The fourth-order valence-electron chi connectivity index (χ4n) is 0.980. The molecule has 0 saturated carbocycles. The number of nitrogen functional groups attached to an aromatic ring is 1. The lowest BCUT2D eigenvalue weighted by Gasteiger charge is -1.99. The molecule has 1 aromatic rings. The molecule has 0 heterocycles. The number of allylic oxidation sites excluding steroid dienone is 1. The quantitative estimate of drug-likeness (QED) is 0.445. The predicted molar refractivity (Wildman–Crippen MR) is 56.9 cm³/mol. The van der Waals surface area contributed by atoms with Crippen LogP contribution in [0.1, 0.15) is 12.0 Å². The second kappa shape index (κ2) is 4.77. The lowest BCUT2D eigenvalue weighted by molar-refractivity contribution is 0.474. The molecule has 3 heteroatoms. The molecule has 0 aliphatic rings. The number of nitrogens with two attached hydrogens (primary N) is 1. The first-order valence-corrected chi connectivity index (χ1v) is 4.58. The Hall–Kier alpha value is -1.15. The number of phenolic OH excluding ortho intramolecular Hbond substituents is 1. The molecule has 0 aliphatic carbocycles.